The number of aliphatic hydroxyl groups is 1. The summed E-state index contributed by atoms with van der Waals surface area (Å²) in [6, 6.07) is 15.8. The molecule has 8 nitrogen and oxygen atoms in total. The highest BCUT2D eigenvalue weighted by Crippen LogP contribution is 2.21. The van der Waals surface area contributed by atoms with Crippen molar-refractivity contribution in [2.24, 2.45) is 0 Å². The van der Waals surface area contributed by atoms with Gasteiger partial charge in [-0.15, -0.1) is 0 Å². The van der Waals surface area contributed by atoms with Gasteiger partial charge in [0, 0.05) is 52.0 Å². The summed E-state index contributed by atoms with van der Waals surface area (Å²) >= 11 is 0. The molecule has 0 unspecified atom stereocenters. The van der Waals surface area contributed by atoms with Crippen molar-refractivity contribution < 1.29 is 19.4 Å². The zero-order chi connectivity index (χ0) is 25.4. The second-order valence-corrected chi connectivity index (χ2v) is 9.63. The summed E-state index contributed by atoms with van der Waals surface area (Å²) in [4.78, 5) is 20.1. The van der Waals surface area contributed by atoms with E-state index in [2.05, 4.69) is 16.0 Å². The van der Waals surface area contributed by atoms with Gasteiger partial charge in [-0.2, -0.15) is 0 Å². The number of ether oxygens (including phenoxy) is 2. The van der Waals surface area contributed by atoms with Gasteiger partial charge < -0.3 is 24.0 Å². The van der Waals surface area contributed by atoms with Gasteiger partial charge in [-0.3, -0.25) is 9.69 Å². The maximum Gasteiger partial charge on any atom is 0.219 e. The number of amides is 1. The van der Waals surface area contributed by atoms with Crippen LogP contribution in [0.15, 0.2) is 67.3 Å². The number of benzene rings is 2. The molecule has 4 rings (SSSR count). The molecule has 1 atom stereocenters. The Labute approximate surface area is 213 Å². The van der Waals surface area contributed by atoms with E-state index in [4.69, 9.17) is 9.47 Å². The number of hydrogen-bond donors (Lipinski definition) is 1. The molecule has 0 aliphatic carbocycles. The van der Waals surface area contributed by atoms with Gasteiger partial charge in [-0.25, -0.2) is 4.98 Å². The first kappa shape index (κ1) is 25.7. The van der Waals surface area contributed by atoms with E-state index < -0.39 is 5.60 Å². The third-order valence-electron chi connectivity index (χ3n) is 6.36. The molecular weight excluding hydrogens is 456 g/mol. The van der Waals surface area contributed by atoms with E-state index in [1.54, 1.807) is 18.0 Å². The van der Waals surface area contributed by atoms with Crippen LogP contribution >= 0.6 is 0 Å². The van der Waals surface area contributed by atoms with Gasteiger partial charge in [0.1, 0.15) is 23.7 Å². The highest BCUT2D eigenvalue weighted by atomic mass is 16.5. The molecule has 8 heteroatoms. The van der Waals surface area contributed by atoms with Crippen molar-refractivity contribution in [3.63, 3.8) is 0 Å². The van der Waals surface area contributed by atoms with Crippen LogP contribution in [-0.4, -0.2) is 75.4 Å². The molecule has 192 valence electrons. The fourth-order valence-electron chi connectivity index (χ4n) is 4.44. The van der Waals surface area contributed by atoms with Gasteiger partial charge in [0.25, 0.3) is 0 Å². The van der Waals surface area contributed by atoms with Crippen LogP contribution in [0.3, 0.4) is 0 Å². The molecule has 3 aromatic rings. The van der Waals surface area contributed by atoms with E-state index in [9.17, 15) is 9.90 Å². The highest BCUT2D eigenvalue weighted by Gasteiger charge is 2.36. The first-order valence-corrected chi connectivity index (χ1v) is 12.5. The van der Waals surface area contributed by atoms with E-state index in [1.807, 2.05) is 66.5 Å². The molecule has 1 saturated heterocycles. The minimum Gasteiger partial charge on any atom is -0.494 e. The number of aryl methyl sites for hydroxylation is 2. The Morgan fingerprint density at radius 1 is 1.08 bits per heavy atom. The molecule has 0 spiro atoms. The summed E-state index contributed by atoms with van der Waals surface area (Å²) in [5.74, 6) is 1.49. The van der Waals surface area contributed by atoms with Crippen LogP contribution in [0.5, 0.6) is 11.5 Å². The SMILES string of the molecule is CC(=O)N1CCN(Cc2cccc(OCCCn3ccnc3)c2)C[C@](O)(COc2ccc(C)cc2)C1. The van der Waals surface area contributed by atoms with Crippen molar-refractivity contribution in [2.45, 2.75) is 39.0 Å². The number of imidazole rings is 1. The van der Waals surface area contributed by atoms with Crippen LogP contribution in [0, 0.1) is 6.92 Å². The van der Waals surface area contributed by atoms with Gasteiger partial charge in [0.05, 0.1) is 19.5 Å². The zero-order valence-electron chi connectivity index (χ0n) is 21.2. The van der Waals surface area contributed by atoms with Crippen molar-refractivity contribution in [2.75, 3.05) is 39.4 Å². The van der Waals surface area contributed by atoms with E-state index >= 15 is 0 Å². The topological polar surface area (TPSA) is 80.1 Å². The molecule has 0 bridgehead atoms. The normalized spacial score (nSPS) is 18.6. The average molecular weight is 493 g/mol. The Morgan fingerprint density at radius 3 is 2.67 bits per heavy atom. The smallest absolute Gasteiger partial charge is 0.219 e. The van der Waals surface area contributed by atoms with Gasteiger partial charge >= 0.3 is 0 Å². The van der Waals surface area contributed by atoms with Crippen LogP contribution in [-0.2, 0) is 17.9 Å². The quantitative estimate of drug-likeness (QED) is 0.438. The van der Waals surface area contributed by atoms with E-state index in [0.29, 0.717) is 38.5 Å². The number of nitrogens with zero attached hydrogens (tertiary/aromatic N) is 4. The largest absolute Gasteiger partial charge is 0.494 e. The molecule has 1 aliphatic heterocycles. The van der Waals surface area contributed by atoms with E-state index in [-0.39, 0.29) is 19.1 Å². The Balaban J connectivity index is 1.36. The van der Waals surface area contributed by atoms with Crippen molar-refractivity contribution in [1.29, 1.82) is 0 Å². The molecule has 2 heterocycles. The standard InChI is InChI=1S/C28H36N4O4/c1-23-7-9-26(10-8-23)36-21-28(34)19-31(14-15-32(20-28)24(2)33)18-25-5-3-6-27(17-25)35-16-4-12-30-13-11-29-22-30/h3,5-11,13,17,22,34H,4,12,14-16,18-21H2,1-2H3/t28-/m1/s1. The monoisotopic (exact) mass is 492 g/mol. The Hall–Kier alpha value is -3.36. The Kier molecular flexibility index (Phi) is 8.61. The summed E-state index contributed by atoms with van der Waals surface area (Å²) in [6.07, 6.45) is 6.42. The highest BCUT2D eigenvalue weighted by molar-refractivity contribution is 5.73. The van der Waals surface area contributed by atoms with Gasteiger partial charge in [-0.1, -0.05) is 29.8 Å². The molecule has 1 amide bonds. The fraction of sp³-hybridized carbons (Fsp3) is 0.429. The fourth-order valence-corrected chi connectivity index (χ4v) is 4.44. The van der Waals surface area contributed by atoms with E-state index in [1.165, 1.54) is 0 Å². The molecular formula is C28H36N4O4. The lowest BCUT2D eigenvalue weighted by atomic mass is 10.0. The third kappa shape index (κ3) is 7.57. The predicted octanol–water partition coefficient (Wildman–Crippen LogP) is 3.13. The summed E-state index contributed by atoms with van der Waals surface area (Å²) in [6.45, 7) is 7.68. The maximum absolute atomic E-state index is 12.2. The molecule has 36 heavy (non-hydrogen) atoms. The van der Waals surface area contributed by atoms with Crippen LogP contribution in [0.4, 0.5) is 0 Å². The molecule has 1 aliphatic rings. The average Bonchev–Trinajstić information content (AvgIpc) is 3.32. The molecule has 1 N–H and O–H groups in total. The van der Waals surface area contributed by atoms with Crippen molar-refractivity contribution in [3.05, 3.63) is 78.4 Å². The summed E-state index contributed by atoms with van der Waals surface area (Å²) < 4.78 is 14.0. The van der Waals surface area contributed by atoms with Crippen molar-refractivity contribution >= 4 is 5.91 Å². The number of rotatable bonds is 10. The predicted molar refractivity (Wildman–Crippen MR) is 138 cm³/mol. The molecule has 0 radical (unpaired) electrons. The Bertz CT molecular complexity index is 1100. The van der Waals surface area contributed by atoms with Crippen LogP contribution in [0.1, 0.15) is 24.5 Å². The number of carbonyl (C=O) groups excluding carboxylic acids is 1. The molecule has 2 aromatic carbocycles. The summed E-state index contributed by atoms with van der Waals surface area (Å²) in [5, 5.41) is 11.5. The molecule has 1 fully saturated rings. The maximum atomic E-state index is 12.2. The zero-order valence-corrected chi connectivity index (χ0v) is 21.2. The van der Waals surface area contributed by atoms with Crippen molar-refractivity contribution in [1.82, 2.24) is 19.4 Å². The van der Waals surface area contributed by atoms with Crippen LogP contribution in [0.25, 0.3) is 0 Å². The van der Waals surface area contributed by atoms with E-state index in [0.717, 1.165) is 29.8 Å². The molecule has 1 aromatic heterocycles. The second kappa shape index (κ2) is 12.1. The number of aromatic nitrogens is 2. The second-order valence-electron chi connectivity index (χ2n) is 9.63. The first-order chi connectivity index (χ1) is 17.4. The minimum absolute atomic E-state index is 0.0447. The van der Waals surface area contributed by atoms with Crippen molar-refractivity contribution in [3.8, 4) is 11.5 Å². The lowest BCUT2D eigenvalue weighted by Crippen LogP contribution is -2.51. The van der Waals surface area contributed by atoms with Gasteiger partial charge in [0.2, 0.25) is 5.91 Å². The summed E-state index contributed by atoms with van der Waals surface area (Å²) in [5.41, 5.74) is 1.06. The van der Waals surface area contributed by atoms with Crippen LogP contribution < -0.4 is 9.47 Å². The third-order valence-corrected chi connectivity index (χ3v) is 6.36. The lowest BCUT2D eigenvalue weighted by Gasteiger charge is -2.32. The van der Waals surface area contributed by atoms with Gasteiger partial charge in [-0.05, 0) is 43.2 Å². The lowest BCUT2D eigenvalue weighted by molar-refractivity contribution is -0.132. The number of hydrogen-bond acceptors (Lipinski definition) is 6. The Morgan fingerprint density at radius 2 is 1.92 bits per heavy atom. The van der Waals surface area contributed by atoms with Crippen LogP contribution in [0.2, 0.25) is 0 Å². The minimum atomic E-state index is -1.19. The number of β-amino-alcohol motifs (C(OH)–C–C–N with tert-alkyl or cyclic N) is 1. The summed E-state index contributed by atoms with van der Waals surface area (Å²) in [7, 11) is 0. The van der Waals surface area contributed by atoms with Gasteiger partial charge in [0.15, 0.2) is 0 Å². The first-order valence-electron chi connectivity index (χ1n) is 12.5. The molecule has 0 saturated carbocycles. The number of carbonyl (C=O) groups is 1.